The SMILES string of the molecule is Cc1nc2c(c(C(C)O)c1Br)CCCN2. The van der Waals surface area contributed by atoms with Crippen LogP contribution in [0.3, 0.4) is 0 Å². The Morgan fingerprint density at radius 2 is 2.27 bits per heavy atom. The predicted octanol–water partition coefficient (Wildman–Crippen LogP) is 2.56. The minimum absolute atomic E-state index is 0.449. The Morgan fingerprint density at radius 3 is 2.93 bits per heavy atom. The fourth-order valence-electron chi connectivity index (χ4n) is 2.05. The van der Waals surface area contributed by atoms with Gasteiger partial charge in [0.2, 0.25) is 0 Å². The maximum Gasteiger partial charge on any atom is 0.129 e. The first kappa shape index (κ1) is 10.9. The summed E-state index contributed by atoms with van der Waals surface area (Å²) in [5.74, 6) is 0.942. The van der Waals surface area contributed by atoms with E-state index in [1.54, 1.807) is 6.92 Å². The van der Waals surface area contributed by atoms with Crippen LogP contribution in [0.2, 0.25) is 0 Å². The summed E-state index contributed by atoms with van der Waals surface area (Å²) in [6.07, 6.45) is 1.65. The first-order valence-electron chi connectivity index (χ1n) is 5.22. The molecule has 1 unspecified atom stereocenters. The monoisotopic (exact) mass is 270 g/mol. The van der Waals surface area contributed by atoms with E-state index in [0.29, 0.717) is 0 Å². The molecule has 2 N–H and O–H groups in total. The second kappa shape index (κ2) is 4.10. The third-order valence-corrected chi connectivity index (χ3v) is 3.76. The zero-order valence-electron chi connectivity index (χ0n) is 8.97. The number of fused-ring (bicyclic) bond motifs is 1. The number of rotatable bonds is 1. The Kier molecular flexibility index (Phi) is 2.98. The molecule has 1 aromatic heterocycles. The van der Waals surface area contributed by atoms with Crippen molar-refractivity contribution in [3.63, 3.8) is 0 Å². The topological polar surface area (TPSA) is 45.2 Å². The highest BCUT2D eigenvalue weighted by atomic mass is 79.9. The molecule has 0 bridgehead atoms. The van der Waals surface area contributed by atoms with Crippen molar-refractivity contribution < 1.29 is 5.11 Å². The Morgan fingerprint density at radius 1 is 1.53 bits per heavy atom. The standard InChI is InChI=1S/C11H15BrN2O/c1-6-10(12)9(7(2)15)8-4-3-5-13-11(8)14-6/h7,15H,3-5H2,1-2H3,(H,13,14). The van der Waals surface area contributed by atoms with Crippen LogP contribution in [0, 0.1) is 6.92 Å². The third-order valence-electron chi connectivity index (χ3n) is 2.76. The lowest BCUT2D eigenvalue weighted by Crippen LogP contribution is -2.17. The lowest BCUT2D eigenvalue weighted by atomic mass is 9.97. The van der Waals surface area contributed by atoms with E-state index in [1.165, 1.54) is 0 Å². The molecule has 0 aromatic carbocycles. The maximum absolute atomic E-state index is 9.80. The first-order valence-corrected chi connectivity index (χ1v) is 6.01. The number of hydrogen-bond acceptors (Lipinski definition) is 3. The van der Waals surface area contributed by atoms with Gasteiger partial charge in [0, 0.05) is 22.1 Å². The fourth-order valence-corrected chi connectivity index (χ4v) is 2.71. The van der Waals surface area contributed by atoms with Crippen molar-refractivity contribution in [2.24, 2.45) is 0 Å². The highest BCUT2D eigenvalue weighted by Gasteiger charge is 2.21. The van der Waals surface area contributed by atoms with Gasteiger partial charge < -0.3 is 10.4 Å². The van der Waals surface area contributed by atoms with Crippen molar-refractivity contribution in [2.75, 3.05) is 11.9 Å². The van der Waals surface area contributed by atoms with E-state index >= 15 is 0 Å². The molecule has 1 aliphatic heterocycles. The van der Waals surface area contributed by atoms with Crippen LogP contribution in [0.5, 0.6) is 0 Å². The highest BCUT2D eigenvalue weighted by Crippen LogP contribution is 2.35. The molecule has 1 aliphatic rings. The summed E-state index contributed by atoms with van der Waals surface area (Å²) in [5, 5.41) is 13.1. The van der Waals surface area contributed by atoms with Crippen molar-refractivity contribution in [2.45, 2.75) is 32.8 Å². The number of anilines is 1. The summed E-state index contributed by atoms with van der Waals surface area (Å²) in [4.78, 5) is 4.49. The van der Waals surface area contributed by atoms with Crippen LogP contribution >= 0.6 is 15.9 Å². The van der Waals surface area contributed by atoms with Crippen molar-refractivity contribution in [3.05, 3.63) is 21.3 Å². The van der Waals surface area contributed by atoms with E-state index in [1.807, 2.05) is 6.92 Å². The van der Waals surface area contributed by atoms with Gasteiger partial charge in [0.1, 0.15) is 5.82 Å². The molecule has 15 heavy (non-hydrogen) atoms. The molecule has 0 fully saturated rings. The number of pyridine rings is 1. The van der Waals surface area contributed by atoms with Crippen LogP contribution in [0.25, 0.3) is 0 Å². The number of halogens is 1. The number of aromatic nitrogens is 1. The van der Waals surface area contributed by atoms with Gasteiger partial charge >= 0.3 is 0 Å². The normalized spacial score (nSPS) is 16.8. The molecular formula is C11H15BrN2O. The van der Waals surface area contributed by atoms with Crippen LogP contribution in [-0.2, 0) is 6.42 Å². The smallest absolute Gasteiger partial charge is 0.129 e. The van der Waals surface area contributed by atoms with Crippen molar-refractivity contribution in [1.82, 2.24) is 4.98 Å². The van der Waals surface area contributed by atoms with E-state index in [0.717, 1.165) is 46.5 Å². The predicted molar refractivity (Wildman–Crippen MR) is 64.1 cm³/mol. The summed E-state index contributed by atoms with van der Waals surface area (Å²) in [6, 6.07) is 0. The number of aliphatic hydroxyl groups excluding tert-OH is 1. The van der Waals surface area contributed by atoms with Gasteiger partial charge in [-0.1, -0.05) is 0 Å². The average molecular weight is 271 g/mol. The number of aliphatic hydroxyl groups is 1. The van der Waals surface area contributed by atoms with E-state index in [9.17, 15) is 5.11 Å². The lowest BCUT2D eigenvalue weighted by Gasteiger charge is -2.23. The second-order valence-corrected chi connectivity index (χ2v) is 4.75. The molecule has 0 aliphatic carbocycles. The van der Waals surface area contributed by atoms with Crippen LogP contribution in [0.4, 0.5) is 5.82 Å². The number of nitrogens with one attached hydrogen (secondary N) is 1. The molecule has 2 rings (SSSR count). The Balaban J connectivity index is 2.63. The summed E-state index contributed by atoms with van der Waals surface area (Å²) in [5.41, 5.74) is 3.08. The van der Waals surface area contributed by atoms with Gasteiger partial charge in [-0.15, -0.1) is 0 Å². The molecule has 3 nitrogen and oxygen atoms in total. The molecule has 0 saturated heterocycles. The molecule has 0 radical (unpaired) electrons. The van der Waals surface area contributed by atoms with Gasteiger partial charge in [0.05, 0.1) is 11.8 Å². The number of aryl methyl sites for hydroxylation is 1. The summed E-state index contributed by atoms with van der Waals surface area (Å²) in [6.45, 7) is 4.72. The van der Waals surface area contributed by atoms with Crippen LogP contribution in [0.15, 0.2) is 4.47 Å². The summed E-state index contributed by atoms with van der Waals surface area (Å²) < 4.78 is 0.944. The molecule has 2 heterocycles. The van der Waals surface area contributed by atoms with E-state index in [2.05, 4.69) is 26.2 Å². The fraction of sp³-hybridized carbons (Fsp3) is 0.545. The number of hydrogen-bond donors (Lipinski definition) is 2. The number of nitrogens with zero attached hydrogens (tertiary/aromatic N) is 1. The molecule has 1 aromatic rings. The van der Waals surface area contributed by atoms with Crippen LogP contribution in [0.1, 0.15) is 36.3 Å². The molecule has 82 valence electrons. The van der Waals surface area contributed by atoms with Crippen molar-refractivity contribution >= 4 is 21.7 Å². The quantitative estimate of drug-likeness (QED) is 0.825. The van der Waals surface area contributed by atoms with Gasteiger partial charge in [-0.3, -0.25) is 0 Å². The minimum Gasteiger partial charge on any atom is -0.389 e. The van der Waals surface area contributed by atoms with E-state index < -0.39 is 6.10 Å². The maximum atomic E-state index is 9.80. The van der Waals surface area contributed by atoms with Gasteiger partial charge in [0.15, 0.2) is 0 Å². The molecule has 0 amide bonds. The van der Waals surface area contributed by atoms with Gasteiger partial charge in [-0.2, -0.15) is 0 Å². The molecular weight excluding hydrogens is 256 g/mol. The zero-order chi connectivity index (χ0) is 11.0. The van der Waals surface area contributed by atoms with Gasteiger partial charge in [-0.05, 0) is 42.6 Å². The van der Waals surface area contributed by atoms with Crippen LogP contribution < -0.4 is 5.32 Å². The third kappa shape index (κ3) is 1.88. The van der Waals surface area contributed by atoms with Crippen molar-refractivity contribution in [3.8, 4) is 0 Å². The second-order valence-electron chi connectivity index (χ2n) is 3.96. The molecule has 0 spiro atoms. The molecule has 1 atom stereocenters. The Bertz CT molecular complexity index is 391. The van der Waals surface area contributed by atoms with Crippen molar-refractivity contribution in [1.29, 1.82) is 0 Å². The minimum atomic E-state index is -0.449. The average Bonchev–Trinajstić information content (AvgIpc) is 2.19. The van der Waals surface area contributed by atoms with Crippen LogP contribution in [-0.4, -0.2) is 16.6 Å². The molecule has 4 heteroatoms. The highest BCUT2D eigenvalue weighted by molar-refractivity contribution is 9.10. The lowest BCUT2D eigenvalue weighted by molar-refractivity contribution is 0.197. The first-order chi connectivity index (χ1) is 7.11. The largest absolute Gasteiger partial charge is 0.389 e. The van der Waals surface area contributed by atoms with E-state index in [4.69, 9.17) is 0 Å². The van der Waals surface area contributed by atoms with Gasteiger partial charge in [0.25, 0.3) is 0 Å². The Hall–Kier alpha value is -0.610. The van der Waals surface area contributed by atoms with Gasteiger partial charge in [-0.25, -0.2) is 4.98 Å². The van der Waals surface area contributed by atoms with E-state index in [-0.39, 0.29) is 0 Å². The zero-order valence-corrected chi connectivity index (χ0v) is 10.6. The Labute approximate surface area is 98.0 Å². The summed E-state index contributed by atoms with van der Waals surface area (Å²) in [7, 11) is 0. The molecule has 0 saturated carbocycles. The summed E-state index contributed by atoms with van der Waals surface area (Å²) >= 11 is 3.51.